The normalized spacial score (nSPS) is 10.5. The number of nitrogens with zero attached hydrogens (tertiary/aromatic N) is 1. The van der Waals surface area contributed by atoms with Crippen molar-refractivity contribution in [3.05, 3.63) is 52.5 Å². The minimum Gasteiger partial charge on any atom is -0.493 e. The topological polar surface area (TPSA) is 67.9 Å². The van der Waals surface area contributed by atoms with E-state index < -0.39 is 12.5 Å². The fourth-order valence-electron chi connectivity index (χ4n) is 2.21. The van der Waals surface area contributed by atoms with Crippen LogP contribution in [0.2, 0.25) is 5.02 Å². The fraction of sp³-hybridized carbons (Fsp3) is 0.222. The Bertz CT molecular complexity index is 859. The van der Waals surface area contributed by atoms with Crippen molar-refractivity contribution in [2.45, 2.75) is 6.61 Å². The number of nitrogens with one attached hydrogen (secondary N) is 1. The Morgan fingerprint density at radius 2 is 1.81 bits per heavy atom. The molecule has 0 atom stereocenters. The van der Waals surface area contributed by atoms with Crippen molar-refractivity contribution in [2.75, 3.05) is 26.5 Å². The molecule has 2 amide bonds. The summed E-state index contributed by atoms with van der Waals surface area (Å²) in [6.07, 6.45) is 0. The Hall–Kier alpha value is -2.87. The molecule has 0 aliphatic heterocycles. The van der Waals surface area contributed by atoms with Crippen LogP contribution in [0.15, 0.2) is 36.4 Å². The molecule has 9 heteroatoms. The fourth-order valence-corrected chi connectivity index (χ4v) is 2.47. The van der Waals surface area contributed by atoms with Gasteiger partial charge in [-0.05, 0) is 36.4 Å². The lowest BCUT2D eigenvalue weighted by Crippen LogP contribution is -2.22. The standard InChI is InChI=1S/C18H17ClF2N2O4/c1-23(2)17(25)12-6-5-11(9-13(12)19)22-16(24)10-4-7-14(27-18(20)21)15(8-10)26-3/h4-9,18H,1-3H3,(H,22,24). The molecule has 0 aromatic heterocycles. The van der Waals surface area contributed by atoms with E-state index in [0.717, 1.165) is 0 Å². The second-order valence-electron chi connectivity index (χ2n) is 5.59. The van der Waals surface area contributed by atoms with Crippen LogP contribution in [0.3, 0.4) is 0 Å². The van der Waals surface area contributed by atoms with Gasteiger partial charge in [-0.25, -0.2) is 0 Å². The number of halogens is 3. The SMILES string of the molecule is COc1cc(C(=O)Nc2ccc(C(=O)N(C)C)c(Cl)c2)ccc1OC(F)F. The molecule has 2 rings (SSSR count). The number of amides is 2. The predicted octanol–water partition coefficient (Wildman–Crippen LogP) is 3.90. The van der Waals surface area contributed by atoms with Crippen molar-refractivity contribution in [2.24, 2.45) is 0 Å². The summed E-state index contributed by atoms with van der Waals surface area (Å²) < 4.78 is 34.0. The van der Waals surface area contributed by atoms with E-state index in [9.17, 15) is 18.4 Å². The van der Waals surface area contributed by atoms with Crippen LogP contribution in [-0.2, 0) is 0 Å². The van der Waals surface area contributed by atoms with E-state index in [0.29, 0.717) is 11.3 Å². The van der Waals surface area contributed by atoms with Gasteiger partial charge in [0.1, 0.15) is 0 Å². The summed E-state index contributed by atoms with van der Waals surface area (Å²) in [5.41, 5.74) is 0.833. The molecule has 0 radical (unpaired) electrons. The monoisotopic (exact) mass is 398 g/mol. The van der Waals surface area contributed by atoms with E-state index in [1.807, 2.05) is 0 Å². The molecule has 0 fully saturated rings. The molecule has 144 valence electrons. The highest BCUT2D eigenvalue weighted by Crippen LogP contribution is 2.30. The first-order chi connectivity index (χ1) is 12.7. The summed E-state index contributed by atoms with van der Waals surface area (Å²) in [4.78, 5) is 25.7. The van der Waals surface area contributed by atoms with Crippen LogP contribution in [0, 0.1) is 0 Å². The summed E-state index contributed by atoms with van der Waals surface area (Å²) in [5, 5.41) is 2.80. The molecular weight excluding hydrogens is 382 g/mol. The summed E-state index contributed by atoms with van der Waals surface area (Å²) in [6, 6.07) is 8.29. The molecule has 0 aliphatic rings. The first-order valence-electron chi connectivity index (χ1n) is 7.68. The van der Waals surface area contributed by atoms with Crippen LogP contribution in [0.1, 0.15) is 20.7 Å². The van der Waals surface area contributed by atoms with E-state index in [-0.39, 0.29) is 28.0 Å². The maximum Gasteiger partial charge on any atom is 0.387 e. The van der Waals surface area contributed by atoms with Crippen molar-refractivity contribution in [3.63, 3.8) is 0 Å². The van der Waals surface area contributed by atoms with Crippen molar-refractivity contribution < 1.29 is 27.8 Å². The number of alkyl halides is 2. The molecule has 0 saturated carbocycles. The van der Waals surface area contributed by atoms with Crippen LogP contribution < -0.4 is 14.8 Å². The number of hydrogen-bond acceptors (Lipinski definition) is 4. The molecule has 6 nitrogen and oxygen atoms in total. The Labute approximate surface area is 159 Å². The number of carbonyl (C=O) groups is 2. The molecule has 2 aromatic carbocycles. The zero-order chi connectivity index (χ0) is 20.1. The smallest absolute Gasteiger partial charge is 0.387 e. The number of anilines is 1. The summed E-state index contributed by atoms with van der Waals surface area (Å²) in [5.74, 6) is -0.969. The van der Waals surface area contributed by atoms with Gasteiger partial charge in [0.05, 0.1) is 17.7 Å². The van der Waals surface area contributed by atoms with Gasteiger partial charge in [-0.15, -0.1) is 0 Å². The van der Waals surface area contributed by atoms with Gasteiger partial charge in [-0.1, -0.05) is 11.6 Å². The second-order valence-corrected chi connectivity index (χ2v) is 6.00. The number of methoxy groups -OCH3 is 1. The third-order valence-electron chi connectivity index (χ3n) is 3.51. The average molecular weight is 399 g/mol. The zero-order valence-corrected chi connectivity index (χ0v) is 15.5. The first kappa shape index (κ1) is 20.4. The van der Waals surface area contributed by atoms with Gasteiger partial charge < -0.3 is 19.7 Å². The number of hydrogen-bond donors (Lipinski definition) is 1. The molecule has 27 heavy (non-hydrogen) atoms. The van der Waals surface area contributed by atoms with E-state index in [4.69, 9.17) is 16.3 Å². The van der Waals surface area contributed by atoms with Crippen LogP contribution in [0.25, 0.3) is 0 Å². The Morgan fingerprint density at radius 1 is 1.11 bits per heavy atom. The highest BCUT2D eigenvalue weighted by Gasteiger charge is 2.16. The summed E-state index contributed by atoms with van der Waals surface area (Å²) in [6.45, 7) is -3.01. The Morgan fingerprint density at radius 3 is 2.37 bits per heavy atom. The molecular formula is C18H17ClF2N2O4. The van der Waals surface area contributed by atoms with E-state index in [2.05, 4.69) is 10.1 Å². The Balaban J connectivity index is 2.20. The van der Waals surface area contributed by atoms with Gasteiger partial charge in [-0.3, -0.25) is 9.59 Å². The van der Waals surface area contributed by atoms with Crippen LogP contribution in [0.5, 0.6) is 11.5 Å². The molecule has 1 N–H and O–H groups in total. The van der Waals surface area contributed by atoms with Gasteiger partial charge in [0, 0.05) is 25.3 Å². The predicted molar refractivity (Wildman–Crippen MR) is 97.0 cm³/mol. The van der Waals surface area contributed by atoms with Gasteiger partial charge in [0.25, 0.3) is 11.8 Å². The third kappa shape index (κ3) is 5.07. The molecule has 0 bridgehead atoms. The number of carbonyl (C=O) groups excluding carboxylic acids is 2. The maximum absolute atomic E-state index is 12.4. The van der Waals surface area contributed by atoms with Crippen LogP contribution >= 0.6 is 11.6 Å². The van der Waals surface area contributed by atoms with E-state index in [1.165, 1.54) is 48.4 Å². The van der Waals surface area contributed by atoms with Gasteiger partial charge in [0.15, 0.2) is 11.5 Å². The van der Waals surface area contributed by atoms with Gasteiger partial charge >= 0.3 is 6.61 Å². The van der Waals surface area contributed by atoms with E-state index >= 15 is 0 Å². The number of rotatable bonds is 6. The van der Waals surface area contributed by atoms with Crippen molar-refractivity contribution in [1.82, 2.24) is 4.90 Å². The quantitative estimate of drug-likeness (QED) is 0.801. The number of ether oxygens (including phenoxy) is 2. The average Bonchev–Trinajstić information content (AvgIpc) is 2.61. The van der Waals surface area contributed by atoms with Crippen molar-refractivity contribution in [1.29, 1.82) is 0 Å². The van der Waals surface area contributed by atoms with Gasteiger partial charge in [-0.2, -0.15) is 8.78 Å². The molecule has 0 saturated heterocycles. The lowest BCUT2D eigenvalue weighted by molar-refractivity contribution is -0.0512. The molecule has 0 aliphatic carbocycles. The van der Waals surface area contributed by atoms with Crippen LogP contribution in [0.4, 0.5) is 14.5 Å². The number of benzene rings is 2. The largest absolute Gasteiger partial charge is 0.493 e. The highest BCUT2D eigenvalue weighted by atomic mass is 35.5. The summed E-state index contributed by atoms with van der Waals surface area (Å²) >= 11 is 6.11. The Kier molecular flexibility index (Phi) is 6.57. The minimum absolute atomic E-state index is 0.00656. The lowest BCUT2D eigenvalue weighted by atomic mass is 10.1. The highest BCUT2D eigenvalue weighted by molar-refractivity contribution is 6.34. The van der Waals surface area contributed by atoms with Crippen LogP contribution in [-0.4, -0.2) is 44.5 Å². The van der Waals surface area contributed by atoms with Crippen molar-refractivity contribution >= 4 is 29.1 Å². The zero-order valence-electron chi connectivity index (χ0n) is 14.8. The maximum atomic E-state index is 12.4. The molecule has 0 unspecified atom stereocenters. The lowest BCUT2D eigenvalue weighted by Gasteiger charge is -2.13. The van der Waals surface area contributed by atoms with Crippen molar-refractivity contribution in [3.8, 4) is 11.5 Å². The molecule has 2 aromatic rings. The third-order valence-corrected chi connectivity index (χ3v) is 3.82. The summed E-state index contributed by atoms with van der Waals surface area (Å²) in [7, 11) is 4.47. The molecule has 0 heterocycles. The molecule has 0 spiro atoms. The second kappa shape index (κ2) is 8.68. The minimum atomic E-state index is -3.01. The van der Waals surface area contributed by atoms with Gasteiger partial charge in [0.2, 0.25) is 0 Å². The van der Waals surface area contributed by atoms with E-state index in [1.54, 1.807) is 14.1 Å². The first-order valence-corrected chi connectivity index (χ1v) is 8.06.